The summed E-state index contributed by atoms with van der Waals surface area (Å²) in [6, 6.07) is 15.3. The summed E-state index contributed by atoms with van der Waals surface area (Å²) in [6.07, 6.45) is 3.32. The number of nitrogens with zero attached hydrogens (tertiary/aromatic N) is 1. The molecule has 25 heavy (non-hydrogen) atoms. The number of hydrogen-bond donors (Lipinski definition) is 0. The molecule has 1 aliphatic rings. The fraction of sp³-hybridized carbons (Fsp3) is 0.0526. The summed E-state index contributed by atoms with van der Waals surface area (Å²) >= 11 is 8.46. The van der Waals surface area contributed by atoms with E-state index in [1.165, 1.54) is 4.90 Å². The van der Waals surface area contributed by atoms with Crippen molar-refractivity contribution in [2.75, 3.05) is 6.54 Å². The van der Waals surface area contributed by atoms with Crippen LogP contribution in [0, 0.1) is 0 Å². The summed E-state index contributed by atoms with van der Waals surface area (Å²) in [7, 11) is 0. The molecule has 1 aliphatic heterocycles. The average molecular weight is 388 g/mol. The maximum Gasteiger partial charge on any atom is 0.293 e. The van der Waals surface area contributed by atoms with E-state index < -0.39 is 0 Å². The number of benzene rings is 2. The SMILES string of the molecule is C=CCN1C(=O)S/C(=C\c2ccccc2Sc2ccc(Cl)cc2)C1=O. The molecule has 0 spiro atoms. The highest BCUT2D eigenvalue weighted by molar-refractivity contribution is 8.18. The summed E-state index contributed by atoms with van der Waals surface area (Å²) in [5.41, 5.74) is 0.895. The lowest BCUT2D eigenvalue weighted by Gasteiger charge is -2.08. The van der Waals surface area contributed by atoms with Gasteiger partial charge < -0.3 is 0 Å². The lowest BCUT2D eigenvalue weighted by molar-refractivity contribution is -0.122. The fourth-order valence-electron chi connectivity index (χ4n) is 2.25. The molecule has 6 heteroatoms. The Morgan fingerprint density at radius 1 is 1.12 bits per heavy atom. The maximum atomic E-state index is 12.4. The van der Waals surface area contributed by atoms with Crippen molar-refractivity contribution in [2.45, 2.75) is 9.79 Å². The van der Waals surface area contributed by atoms with Crippen molar-refractivity contribution in [3.8, 4) is 0 Å². The molecule has 0 aliphatic carbocycles. The molecule has 1 heterocycles. The van der Waals surface area contributed by atoms with Gasteiger partial charge in [0.05, 0.1) is 4.91 Å². The van der Waals surface area contributed by atoms with Gasteiger partial charge in [0.2, 0.25) is 0 Å². The highest BCUT2D eigenvalue weighted by Gasteiger charge is 2.34. The molecule has 1 saturated heterocycles. The van der Waals surface area contributed by atoms with E-state index in [1.54, 1.807) is 23.9 Å². The Hall–Kier alpha value is -1.95. The van der Waals surface area contributed by atoms with E-state index in [4.69, 9.17) is 11.6 Å². The van der Waals surface area contributed by atoms with Crippen molar-refractivity contribution in [1.82, 2.24) is 4.90 Å². The van der Waals surface area contributed by atoms with Gasteiger partial charge in [0.1, 0.15) is 0 Å². The summed E-state index contributed by atoms with van der Waals surface area (Å²) in [6.45, 7) is 3.81. The molecular weight excluding hydrogens is 374 g/mol. The third-order valence-corrected chi connectivity index (χ3v) is 5.69. The van der Waals surface area contributed by atoms with E-state index in [1.807, 2.05) is 48.5 Å². The van der Waals surface area contributed by atoms with E-state index in [9.17, 15) is 9.59 Å². The second-order valence-corrected chi connectivity index (χ2v) is 7.72. The van der Waals surface area contributed by atoms with E-state index in [-0.39, 0.29) is 17.7 Å². The van der Waals surface area contributed by atoms with Crippen molar-refractivity contribution in [3.63, 3.8) is 0 Å². The number of amides is 2. The monoisotopic (exact) mass is 387 g/mol. The van der Waals surface area contributed by atoms with E-state index in [2.05, 4.69) is 6.58 Å². The molecule has 1 fully saturated rings. The minimum absolute atomic E-state index is 0.225. The van der Waals surface area contributed by atoms with Gasteiger partial charge in [-0.2, -0.15) is 0 Å². The minimum atomic E-state index is -0.277. The zero-order valence-electron chi connectivity index (χ0n) is 13.1. The van der Waals surface area contributed by atoms with Gasteiger partial charge in [0, 0.05) is 21.4 Å². The first-order chi connectivity index (χ1) is 12.1. The van der Waals surface area contributed by atoms with Gasteiger partial charge in [-0.05, 0) is 53.7 Å². The van der Waals surface area contributed by atoms with Crippen LogP contribution < -0.4 is 0 Å². The number of imide groups is 1. The molecule has 0 atom stereocenters. The molecule has 0 saturated carbocycles. The van der Waals surface area contributed by atoms with Gasteiger partial charge in [-0.1, -0.05) is 47.6 Å². The van der Waals surface area contributed by atoms with Crippen LogP contribution in [0.4, 0.5) is 4.79 Å². The second-order valence-electron chi connectivity index (χ2n) is 5.17. The lowest BCUT2D eigenvalue weighted by atomic mass is 10.2. The van der Waals surface area contributed by atoms with Crippen LogP contribution in [0.1, 0.15) is 5.56 Å². The molecule has 0 radical (unpaired) electrons. The quantitative estimate of drug-likeness (QED) is 0.486. The Kier molecular flexibility index (Phi) is 5.68. The predicted octanol–water partition coefficient (Wildman–Crippen LogP) is 5.71. The molecule has 0 unspecified atom stereocenters. The molecule has 2 aromatic rings. The van der Waals surface area contributed by atoms with Gasteiger partial charge in [-0.15, -0.1) is 6.58 Å². The van der Waals surface area contributed by atoms with Gasteiger partial charge in [-0.25, -0.2) is 0 Å². The number of hydrogen-bond acceptors (Lipinski definition) is 4. The van der Waals surface area contributed by atoms with Crippen LogP contribution in [0.2, 0.25) is 5.02 Å². The topological polar surface area (TPSA) is 37.4 Å². The molecule has 0 aromatic heterocycles. The van der Waals surface area contributed by atoms with Crippen molar-refractivity contribution in [2.24, 2.45) is 0 Å². The molecule has 0 bridgehead atoms. The van der Waals surface area contributed by atoms with E-state index in [0.717, 1.165) is 27.1 Å². The maximum absolute atomic E-state index is 12.4. The third-order valence-electron chi connectivity index (χ3n) is 3.43. The van der Waals surface area contributed by atoms with Crippen molar-refractivity contribution >= 4 is 52.3 Å². The average Bonchev–Trinajstić information content (AvgIpc) is 2.86. The summed E-state index contributed by atoms with van der Waals surface area (Å²) in [5.74, 6) is -0.277. The van der Waals surface area contributed by atoms with Gasteiger partial charge in [0.15, 0.2) is 0 Å². The first-order valence-corrected chi connectivity index (χ1v) is 9.48. The number of halogens is 1. The van der Waals surface area contributed by atoms with Crippen LogP contribution in [0.25, 0.3) is 6.08 Å². The van der Waals surface area contributed by atoms with Crippen LogP contribution in [-0.2, 0) is 4.79 Å². The summed E-state index contributed by atoms with van der Waals surface area (Å²) in [5, 5.41) is 0.424. The van der Waals surface area contributed by atoms with Crippen LogP contribution in [0.3, 0.4) is 0 Å². The molecule has 126 valence electrons. The molecule has 3 nitrogen and oxygen atoms in total. The molecular formula is C19H14ClNO2S2. The lowest BCUT2D eigenvalue weighted by Crippen LogP contribution is -2.27. The fourth-order valence-corrected chi connectivity index (χ4v) is 4.13. The first-order valence-electron chi connectivity index (χ1n) is 7.47. The van der Waals surface area contributed by atoms with Crippen molar-refractivity contribution < 1.29 is 9.59 Å². The zero-order chi connectivity index (χ0) is 17.8. The van der Waals surface area contributed by atoms with Crippen molar-refractivity contribution in [3.05, 3.63) is 76.7 Å². The predicted molar refractivity (Wildman–Crippen MR) is 105 cm³/mol. The van der Waals surface area contributed by atoms with Crippen LogP contribution in [0.15, 0.2) is 75.9 Å². The Bertz CT molecular complexity index is 862. The van der Waals surface area contributed by atoms with Crippen molar-refractivity contribution in [1.29, 1.82) is 0 Å². The Morgan fingerprint density at radius 3 is 2.56 bits per heavy atom. The van der Waals surface area contributed by atoms with Gasteiger partial charge in [-0.3, -0.25) is 14.5 Å². The molecule has 0 N–H and O–H groups in total. The number of carbonyl (C=O) groups excluding carboxylic acids is 2. The van der Waals surface area contributed by atoms with Crippen LogP contribution in [0.5, 0.6) is 0 Å². The number of rotatable bonds is 5. The standard InChI is InChI=1S/C19H14ClNO2S2/c1-2-11-21-18(22)17(25-19(21)23)12-13-5-3-4-6-16(13)24-15-9-7-14(20)8-10-15/h2-10,12H,1,11H2/b17-12-. The zero-order valence-corrected chi connectivity index (χ0v) is 15.5. The smallest absolute Gasteiger partial charge is 0.268 e. The van der Waals surface area contributed by atoms with Crippen LogP contribution in [-0.4, -0.2) is 22.6 Å². The van der Waals surface area contributed by atoms with E-state index >= 15 is 0 Å². The Balaban J connectivity index is 1.88. The highest BCUT2D eigenvalue weighted by atomic mass is 35.5. The molecule has 2 amide bonds. The first kappa shape index (κ1) is 17.9. The molecule has 2 aromatic carbocycles. The highest BCUT2D eigenvalue weighted by Crippen LogP contribution is 2.36. The van der Waals surface area contributed by atoms with Gasteiger partial charge in [0.25, 0.3) is 11.1 Å². The Labute approximate surface area is 159 Å². The third kappa shape index (κ3) is 4.18. The van der Waals surface area contributed by atoms with Crippen LogP contribution >= 0.6 is 35.1 Å². The normalized spacial score (nSPS) is 15.9. The number of carbonyl (C=O) groups is 2. The summed E-state index contributed by atoms with van der Waals surface area (Å²) < 4.78 is 0. The second kappa shape index (κ2) is 7.95. The van der Waals surface area contributed by atoms with E-state index in [0.29, 0.717) is 9.93 Å². The number of thioether (sulfide) groups is 1. The Morgan fingerprint density at radius 2 is 1.84 bits per heavy atom. The minimum Gasteiger partial charge on any atom is -0.268 e. The van der Waals surface area contributed by atoms with Gasteiger partial charge >= 0.3 is 0 Å². The summed E-state index contributed by atoms with van der Waals surface area (Å²) in [4.78, 5) is 28.0. The molecule has 3 rings (SSSR count). The largest absolute Gasteiger partial charge is 0.293 e.